The highest BCUT2D eigenvalue weighted by Gasteiger charge is 2.56. The van der Waals surface area contributed by atoms with Gasteiger partial charge in [0.1, 0.15) is 0 Å². The molecule has 2 amide bonds. The molecule has 2 saturated carbocycles. The van der Waals surface area contributed by atoms with Crippen LogP contribution in [0.5, 0.6) is 0 Å². The lowest BCUT2D eigenvalue weighted by molar-refractivity contribution is 0.0280. The Morgan fingerprint density at radius 2 is 1.83 bits per heavy atom. The number of rotatable bonds is 4. The Kier molecular flexibility index (Phi) is 3.27. The van der Waals surface area contributed by atoms with Crippen molar-refractivity contribution in [3.63, 3.8) is 0 Å². The lowest BCUT2D eigenvalue weighted by Gasteiger charge is -2.60. The van der Waals surface area contributed by atoms with Gasteiger partial charge in [-0.3, -0.25) is 14.8 Å². The molecule has 120 valence electrons. The summed E-state index contributed by atoms with van der Waals surface area (Å²) in [5.41, 5.74) is 4.23. The topological polar surface area (TPSA) is 78.4 Å². The minimum atomic E-state index is -0.582. The predicted molar refractivity (Wildman–Crippen MR) is 84.0 cm³/mol. The number of nitrogens with one attached hydrogen (secondary N) is 2. The Morgan fingerprint density at radius 1 is 1.13 bits per heavy atom. The van der Waals surface area contributed by atoms with Crippen LogP contribution in [0.4, 0.5) is 0 Å². The molecular formula is C18H20N2O3. The number of benzene rings is 1. The normalized spacial score (nSPS) is 30.2. The van der Waals surface area contributed by atoms with E-state index in [1.54, 1.807) is 23.2 Å². The smallest absolute Gasteiger partial charge is 0.274 e. The molecule has 0 radical (unpaired) electrons. The number of carbonyl (C=O) groups excluding carboxylic acids is 2. The first-order chi connectivity index (χ1) is 11.1. The van der Waals surface area contributed by atoms with Crippen molar-refractivity contribution in [2.45, 2.75) is 25.7 Å². The molecule has 1 aromatic carbocycles. The van der Waals surface area contributed by atoms with Crippen LogP contribution in [0, 0.1) is 17.3 Å². The molecule has 0 aliphatic heterocycles. The van der Waals surface area contributed by atoms with Crippen LogP contribution in [0.25, 0.3) is 0 Å². The molecule has 3 atom stereocenters. The highest BCUT2D eigenvalue weighted by Crippen LogP contribution is 2.64. The van der Waals surface area contributed by atoms with E-state index >= 15 is 0 Å². The van der Waals surface area contributed by atoms with Crippen molar-refractivity contribution < 1.29 is 14.8 Å². The third kappa shape index (κ3) is 2.27. The average molecular weight is 312 g/mol. The van der Waals surface area contributed by atoms with E-state index < -0.39 is 5.91 Å². The summed E-state index contributed by atoms with van der Waals surface area (Å²) in [6.07, 6.45) is 7.39. The highest BCUT2D eigenvalue weighted by atomic mass is 16.5. The number of hydrogen-bond donors (Lipinski definition) is 3. The molecule has 5 heteroatoms. The largest absolute Gasteiger partial charge is 0.351 e. The maximum absolute atomic E-state index is 12.3. The lowest BCUT2D eigenvalue weighted by Crippen LogP contribution is -2.55. The molecule has 3 N–H and O–H groups in total. The van der Waals surface area contributed by atoms with Crippen LogP contribution >= 0.6 is 0 Å². The van der Waals surface area contributed by atoms with Crippen molar-refractivity contribution in [2.24, 2.45) is 17.3 Å². The summed E-state index contributed by atoms with van der Waals surface area (Å²) in [5.74, 6) is 0.887. The van der Waals surface area contributed by atoms with Crippen molar-refractivity contribution in [1.82, 2.24) is 10.8 Å². The molecule has 4 aliphatic rings. The van der Waals surface area contributed by atoms with Gasteiger partial charge in [-0.1, -0.05) is 11.6 Å². The molecule has 0 spiro atoms. The van der Waals surface area contributed by atoms with Gasteiger partial charge >= 0.3 is 0 Å². The Bertz CT molecular complexity index is 695. The van der Waals surface area contributed by atoms with Gasteiger partial charge in [-0.25, -0.2) is 5.48 Å². The Balaban J connectivity index is 1.40. The monoisotopic (exact) mass is 312 g/mol. The van der Waals surface area contributed by atoms with Crippen molar-refractivity contribution in [2.75, 3.05) is 6.54 Å². The zero-order chi connectivity index (χ0) is 16.0. The molecule has 3 unspecified atom stereocenters. The molecule has 4 bridgehead atoms. The molecule has 5 rings (SSSR count). The fraction of sp³-hybridized carbons (Fsp3) is 0.444. The van der Waals surface area contributed by atoms with E-state index in [-0.39, 0.29) is 11.3 Å². The summed E-state index contributed by atoms with van der Waals surface area (Å²) >= 11 is 0. The summed E-state index contributed by atoms with van der Waals surface area (Å²) in [5, 5.41) is 11.7. The predicted octanol–water partition coefficient (Wildman–Crippen LogP) is 2.28. The average Bonchev–Trinajstić information content (AvgIpc) is 2.59. The first kappa shape index (κ1) is 14.5. The van der Waals surface area contributed by atoms with Gasteiger partial charge in [-0.15, -0.1) is 0 Å². The first-order valence-corrected chi connectivity index (χ1v) is 8.14. The van der Waals surface area contributed by atoms with Crippen LogP contribution in [-0.2, 0) is 0 Å². The van der Waals surface area contributed by atoms with Crippen molar-refractivity contribution in [1.29, 1.82) is 0 Å². The molecular weight excluding hydrogens is 292 g/mol. The van der Waals surface area contributed by atoms with E-state index in [4.69, 9.17) is 5.21 Å². The van der Waals surface area contributed by atoms with Gasteiger partial charge in [-0.05, 0) is 61.8 Å². The van der Waals surface area contributed by atoms with Gasteiger partial charge in [-0.2, -0.15) is 0 Å². The summed E-state index contributed by atoms with van der Waals surface area (Å²) in [7, 11) is 0. The Labute approximate surface area is 134 Å². The molecule has 1 aromatic rings. The number of hydroxylamine groups is 1. The molecule has 5 nitrogen and oxygen atoms in total. The van der Waals surface area contributed by atoms with Gasteiger partial charge in [0.25, 0.3) is 11.8 Å². The van der Waals surface area contributed by atoms with Crippen molar-refractivity contribution in [3.8, 4) is 0 Å². The SMILES string of the molecule is O=C(NO)c1ccc(C(=O)NCC23CC4CC=C2C(C4)C3)cc1. The third-order valence-electron chi connectivity index (χ3n) is 5.76. The van der Waals surface area contributed by atoms with E-state index in [0.29, 0.717) is 17.7 Å². The van der Waals surface area contributed by atoms with Gasteiger partial charge in [0, 0.05) is 23.1 Å². The molecule has 0 aromatic heterocycles. The second-order valence-electron chi connectivity index (χ2n) is 7.08. The van der Waals surface area contributed by atoms with E-state index in [0.717, 1.165) is 11.8 Å². The van der Waals surface area contributed by atoms with Crippen LogP contribution in [0.15, 0.2) is 35.9 Å². The molecule has 4 aliphatic carbocycles. The lowest BCUT2D eigenvalue weighted by atomic mass is 9.45. The summed E-state index contributed by atoms with van der Waals surface area (Å²) in [6.45, 7) is 0.712. The maximum atomic E-state index is 12.3. The summed E-state index contributed by atoms with van der Waals surface area (Å²) in [4.78, 5) is 23.6. The van der Waals surface area contributed by atoms with Crippen LogP contribution in [0.1, 0.15) is 46.4 Å². The summed E-state index contributed by atoms with van der Waals surface area (Å²) < 4.78 is 0. The van der Waals surface area contributed by atoms with Gasteiger partial charge in [0.15, 0.2) is 0 Å². The molecule has 2 fully saturated rings. The molecule has 23 heavy (non-hydrogen) atoms. The molecule has 0 heterocycles. The second-order valence-corrected chi connectivity index (χ2v) is 7.08. The second kappa shape index (κ2) is 5.20. The van der Waals surface area contributed by atoms with Gasteiger partial charge in [0.05, 0.1) is 0 Å². The number of amides is 2. The van der Waals surface area contributed by atoms with Crippen molar-refractivity contribution in [3.05, 3.63) is 47.0 Å². The minimum absolute atomic E-state index is 0.110. The van der Waals surface area contributed by atoms with Crippen molar-refractivity contribution >= 4 is 11.8 Å². The Hall–Kier alpha value is -2.14. The molecule has 0 saturated heterocycles. The van der Waals surface area contributed by atoms with Crippen LogP contribution in [-0.4, -0.2) is 23.6 Å². The quantitative estimate of drug-likeness (QED) is 0.453. The van der Waals surface area contributed by atoms with E-state index in [1.165, 1.54) is 37.8 Å². The Morgan fingerprint density at radius 3 is 2.39 bits per heavy atom. The van der Waals surface area contributed by atoms with E-state index in [9.17, 15) is 9.59 Å². The van der Waals surface area contributed by atoms with E-state index in [1.807, 2.05) is 0 Å². The fourth-order valence-corrected chi connectivity index (χ4v) is 4.74. The van der Waals surface area contributed by atoms with Gasteiger partial charge in [0.2, 0.25) is 0 Å². The number of hydrogen-bond acceptors (Lipinski definition) is 3. The zero-order valence-electron chi connectivity index (χ0n) is 12.8. The van der Waals surface area contributed by atoms with Gasteiger partial charge < -0.3 is 5.32 Å². The maximum Gasteiger partial charge on any atom is 0.274 e. The fourth-order valence-electron chi connectivity index (χ4n) is 4.74. The standard InChI is InChI=1S/C18H20N2O3/c21-16(12-2-4-13(5-3-12)17(22)20-23)19-10-18-8-11-1-6-15(18)14(7-11)9-18/h2-6,11,14,23H,1,7-10H2,(H,19,21)(H,20,22). The van der Waals surface area contributed by atoms with Crippen LogP contribution in [0.2, 0.25) is 0 Å². The van der Waals surface area contributed by atoms with E-state index in [2.05, 4.69) is 11.4 Å². The number of carbonyl (C=O) groups is 2. The minimum Gasteiger partial charge on any atom is -0.351 e. The van der Waals surface area contributed by atoms with Crippen LogP contribution in [0.3, 0.4) is 0 Å². The summed E-state index contributed by atoms with van der Waals surface area (Å²) in [6, 6.07) is 6.27. The van der Waals surface area contributed by atoms with Crippen LogP contribution < -0.4 is 10.8 Å². The third-order valence-corrected chi connectivity index (χ3v) is 5.76. The first-order valence-electron chi connectivity index (χ1n) is 8.14. The number of allylic oxidation sites excluding steroid dienone is 1. The zero-order valence-corrected chi connectivity index (χ0v) is 12.8. The number of fused-ring (bicyclic) bond motifs is 1. The highest BCUT2D eigenvalue weighted by molar-refractivity contribution is 5.97.